The fraction of sp³-hybridized carbons (Fsp3) is 0.167. The summed E-state index contributed by atoms with van der Waals surface area (Å²) in [5.74, 6) is -0.635. The van der Waals surface area contributed by atoms with Crippen LogP contribution < -0.4 is 10.2 Å². The number of nitro benzene ring substituents is 1. The number of carbonyl (C=O) groups excluding carboxylic acids is 2. The number of nitro groups is 1. The largest absolute Gasteiger partial charge is 0.482 e. The maximum Gasteiger partial charge on any atom is 0.343 e. The van der Waals surface area contributed by atoms with Crippen LogP contribution in [0.3, 0.4) is 0 Å². The second kappa shape index (κ2) is 9.09. The molecule has 0 aliphatic carbocycles. The first-order valence-electron chi connectivity index (χ1n) is 7.79. The normalized spacial score (nSPS) is 10.4. The highest BCUT2D eigenvalue weighted by atomic mass is 16.6. The van der Waals surface area contributed by atoms with Gasteiger partial charge in [0.1, 0.15) is 5.75 Å². The molecule has 1 amide bonds. The molecule has 9 heteroatoms. The summed E-state index contributed by atoms with van der Waals surface area (Å²) in [6.45, 7) is 1.28. The average Bonchev–Trinajstić information content (AvgIpc) is 2.66. The molecule has 0 fully saturated rings. The second-order valence-electron chi connectivity index (χ2n) is 5.34. The summed E-state index contributed by atoms with van der Waals surface area (Å²) in [4.78, 5) is 33.7. The Morgan fingerprint density at radius 2 is 2.00 bits per heavy atom. The number of nitrogens with zero attached hydrogens (tertiary/aromatic N) is 2. The lowest BCUT2D eigenvalue weighted by Crippen LogP contribution is -2.19. The number of esters is 1. The molecule has 2 aromatic rings. The first-order chi connectivity index (χ1) is 12.9. The Kier molecular flexibility index (Phi) is 6.59. The molecule has 2 rings (SSSR count). The summed E-state index contributed by atoms with van der Waals surface area (Å²) in [7, 11) is 1.26. The van der Waals surface area contributed by atoms with Gasteiger partial charge >= 0.3 is 5.97 Å². The number of rotatable bonds is 7. The van der Waals surface area contributed by atoms with Crippen molar-refractivity contribution in [3.63, 3.8) is 0 Å². The van der Waals surface area contributed by atoms with Gasteiger partial charge < -0.3 is 9.47 Å². The van der Waals surface area contributed by atoms with Crippen LogP contribution in [0.1, 0.15) is 21.5 Å². The molecule has 0 heterocycles. The average molecular weight is 371 g/mol. The monoisotopic (exact) mass is 371 g/mol. The minimum Gasteiger partial charge on any atom is -0.482 e. The lowest BCUT2D eigenvalue weighted by Gasteiger charge is -2.06. The smallest absolute Gasteiger partial charge is 0.343 e. The van der Waals surface area contributed by atoms with Crippen LogP contribution >= 0.6 is 0 Å². The maximum absolute atomic E-state index is 12.2. The van der Waals surface area contributed by atoms with E-state index in [4.69, 9.17) is 4.74 Å². The summed E-state index contributed by atoms with van der Waals surface area (Å²) < 4.78 is 9.75. The van der Waals surface area contributed by atoms with Crippen LogP contribution in [0.25, 0.3) is 0 Å². The van der Waals surface area contributed by atoms with Gasteiger partial charge in [0, 0.05) is 11.6 Å². The van der Waals surface area contributed by atoms with Crippen LogP contribution in [0, 0.1) is 17.0 Å². The van der Waals surface area contributed by atoms with Crippen molar-refractivity contribution < 1.29 is 24.0 Å². The van der Waals surface area contributed by atoms with E-state index in [1.54, 1.807) is 24.3 Å². The quantitative estimate of drug-likeness (QED) is 0.345. The van der Waals surface area contributed by atoms with Gasteiger partial charge in [-0.2, -0.15) is 5.10 Å². The molecule has 2 aromatic carbocycles. The van der Waals surface area contributed by atoms with Crippen LogP contribution in [0.4, 0.5) is 5.69 Å². The van der Waals surface area contributed by atoms with Crippen molar-refractivity contribution >= 4 is 23.8 Å². The SMILES string of the molecule is COC(=O)COc1cccc(/C=N\NC(=O)c2cccc([N+](=O)[O-])c2C)c1. The van der Waals surface area contributed by atoms with Crippen LogP contribution in [0.15, 0.2) is 47.6 Å². The molecular formula is C18H17N3O6. The van der Waals surface area contributed by atoms with Crippen LogP contribution in [-0.2, 0) is 9.53 Å². The van der Waals surface area contributed by atoms with Crippen molar-refractivity contribution in [2.75, 3.05) is 13.7 Å². The molecule has 0 spiro atoms. The van der Waals surface area contributed by atoms with Gasteiger partial charge in [0.15, 0.2) is 6.61 Å². The Morgan fingerprint density at radius 3 is 2.70 bits per heavy atom. The highest BCUT2D eigenvalue weighted by molar-refractivity contribution is 5.97. The predicted octanol–water partition coefficient (Wildman–Crippen LogP) is 2.22. The molecule has 0 atom stereocenters. The summed E-state index contributed by atoms with van der Waals surface area (Å²) in [6.07, 6.45) is 1.38. The third kappa shape index (κ3) is 5.36. The zero-order valence-corrected chi connectivity index (χ0v) is 14.7. The minimum absolute atomic E-state index is 0.137. The summed E-state index contributed by atoms with van der Waals surface area (Å²) in [5.41, 5.74) is 3.23. The Labute approximate surface area is 154 Å². The van der Waals surface area contributed by atoms with E-state index in [0.717, 1.165) is 0 Å². The fourth-order valence-corrected chi connectivity index (χ4v) is 2.18. The van der Waals surface area contributed by atoms with Gasteiger partial charge in [-0.05, 0) is 30.7 Å². The number of ether oxygens (including phenoxy) is 2. The van der Waals surface area contributed by atoms with Crippen molar-refractivity contribution in [2.24, 2.45) is 5.10 Å². The predicted molar refractivity (Wildman–Crippen MR) is 96.8 cm³/mol. The van der Waals surface area contributed by atoms with Gasteiger partial charge in [0.25, 0.3) is 11.6 Å². The van der Waals surface area contributed by atoms with Gasteiger partial charge in [-0.1, -0.05) is 18.2 Å². The van der Waals surface area contributed by atoms with Gasteiger partial charge in [-0.25, -0.2) is 10.2 Å². The Bertz CT molecular complexity index is 894. The first kappa shape index (κ1) is 19.6. The highest BCUT2D eigenvalue weighted by Gasteiger charge is 2.17. The molecule has 0 aromatic heterocycles. The van der Waals surface area contributed by atoms with Crippen LogP contribution in [-0.4, -0.2) is 36.7 Å². The van der Waals surface area contributed by atoms with Crippen molar-refractivity contribution in [3.8, 4) is 5.75 Å². The molecule has 27 heavy (non-hydrogen) atoms. The van der Waals surface area contributed by atoms with E-state index < -0.39 is 16.8 Å². The van der Waals surface area contributed by atoms with Crippen molar-refractivity contribution in [2.45, 2.75) is 6.92 Å². The van der Waals surface area contributed by atoms with Crippen molar-refractivity contribution in [3.05, 3.63) is 69.3 Å². The maximum atomic E-state index is 12.2. The van der Waals surface area contributed by atoms with E-state index in [2.05, 4.69) is 15.3 Å². The van der Waals surface area contributed by atoms with E-state index in [-0.39, 0.29) is 23.4 Å². The molecule has 140 valence electrons. The van der Waals surface area contributed by atoms with Crippen LogP contribution in [0.5, 0.6) is 5.75 Å². The second-order valence-corrected chi connectivity index (χ2v) is 5.34. The lowest BCUT2D eigenvalue weighted by atomic mass is 10.1. The standard InChI is InChI=1S/C18H17N3O6/c1-12-15(7-4-8-16(12)21(24)25)18(23)20-19-10-13-5-3-6-14(9-13)27-11-17(22)26-2/h3-10H,11H2,1-2H3,(H,20,23)/b19-10-. The van der Waals surface area contributed by atoms with Crippen molar-refractivity contribution in [1.29, 1.82) is 0 Å². The highest BCUT2D eigenvalue weighted by Crippen LogP contribution is 2.20. The Morgan fingerprint density at radius 1 is 1.26 bits per heavy atom. The van der Waals surface area contributed by atoms with Gasteiger partial charge in [-0.15, -0.1) is 0 Å². The third-order valence-corrected chi connectivity index (χ3v) is 3.57. The third-order valence-electron chi connectivity index (χ3n) is 3.57. The number of carbonyl (C=O) groups is 2. The van der Waals surface area contributed by atoms with Gasteiger partial charge in [0.05, 0.1) is 23.8 Å². The zero-order valence-electron chi connectivity index (χ0n) is 14.7. The summed E-state index contributed by atoms with van der Waals surface area (Å²) in [6, 6.07) is 10.9. The Hall–Kier alpha value is -3.75. The molecule has 9 nitrogen and oxygen atoms in total. The van der Waals surface area contributed by atoms with Crippen molar-refractivity contribution in [1.82, 2.24) is 5.43 Å². The molecule has 0 unspecified atom stereocenters. The fourth-order valence-electron chi connectivity index (χ4n) is 2.18. The topological polar surface area (TPSA) is 120 Å². The number of amides is 1. The summed E-state index contributed by atoms with van der Waals surface area (Å²) in [5, 5.41) is 14.8. The molecule has 0 saturated heterocycles. The van der Waals surface area contributed by atoms with Crippen LogP contribution in [0.2, 0.25) is 0 Å². The first-order valence-corrected chi connectivity index (χ1v) is 7.79. The van der Waals surface area contributed by atoms with E-state index in [0.29, 0.717) is 11.3 Å². The number of hydrazone groups is 1. The van der Waals surface area contributed by atoms with E-state index in [9.17, 15) is 19.7 Å². The number of hydrogen-bond donors (Lipinski definition) is 1. The van der Waals surface area contributed by atoms with Gasteiger partial charge in [0.2, 0.25) is 0 Å². The minimum atomic E-state index is -0.564. The number of hydrogen-bond acceptors (Lipinski definition) is 7. The molecule has 0 bridgehead atoms. The number of methoxy groups -OCH3 is 1. The van der Waals surface area contributed by atoms with E-state index >= 15 is 0 Å². The molecule has 0 aliphatic heterocycles. The van der Waals surface area contributed by atoms with E-state index in [1.165, 1.54) is 38.4 Å². The molecular weight excluding hydrogens is 354 g/mol. The number of nitrogens with one attached hydrogen (secondary N) is 1. The molecule has 1 N–H and O–H groups in total. The molecule has 0 saturated carbocycles. The molecule has 0 aliphatic rings. The zero-order chi connectivity index (χ0) is 19.8. The molecule has 0 radical (unpaired) electrons. The Balaban J connectivity index is 2.03. The van der Waals surface area contributed by atoms with E-state index in [1.807, 2.05) is 0 Å². The number of benzene rings is 2. The van der Waals surface area contributed by atoms with Gasteiger partial charge in [-0.3, -0.25) is 14.9 Å². The summed E-state index contributed by atoms with van der Waals surface area (Å²) >= 11 is 0. The lowest BCUT2D eigenvalue weighted by molar-refractivity contribution is -0.385.